The Labute approximate surface area is 544 Å². The van der Waals surface area contributed by atoms with Crippen molar-refractivity contribution >= 4 is 11.4 Å². The average molecular weight is 1220 g/mol. The molecule has 85 heavy (non-hydrogen) atoms. The van der Waals surface area contributed by atoms with Crippen LogP contribution in [0.1, 0.15) is 422 Å². The molecular formula is C82H146N2Ni. The molecule has 0 radical (unpaired) electrons. The standard InChI is InChI=1S/C46H72N2.2C18H37.Ni/c1-6-11-16-20-24-28-39-31-38(26-22-18-13-8-3)33-43(34-39)45-37-42(30-15-10-5)46(48(45)47)44-35-40(27-23-19-14-9-4)32-41(36-44)29-25-21-17-12-7-2;2*1-3-5-7-9-11-13-15-17-18-16-14-12-10-8-6-4-2;/h31-37H,6-30H2,1-5H3;2*1,3-18H2,2H3;/q;2*-1;+2. The minimum Gasteiger partial charge on any atom is -0.493 e. The third kappa shape index (κ3) is 46.7. The molecule has 2 nitrogen and oxygen atoms in total. The summed E-state index contributed by atoms with van der Waals surface area (Å²) in [5, 5.41) is 0. The maximum absolute atomic E-state index is 12.1. The van der Waals surface area contributed by atoms with Gasteiger partial charge in [0, 0.05) is 22.8 Å². The van der Waals surface area contributed by atoms with Gasteiger partial charge in [0.15, 0.2) is 0 Å². The van der Waals surface area contributed by atoms with E-state index in [1.165, 1.54) is 347 Å². The van der Waals surface area contributed by atoms with Gasteiger partial charge in [-0.15, -0.1) is 0 Å². The SMILES string of the molecule is CCCCCCCc1cc(CCCCCC)cc(C2=CC(CCCC)=C(c3cc(CCCCCC)cc(CCCCCCC)c3)[N+]2=[N-])c1.[CH2-]CCCCCCCCCCCCCCCCC.[CH2-]CCCCCCCCCCCCCCCCC.[Ni+2]. The molecule has 1 aliphatic heterocycles. The molecule has 0 N–H and O–H groups in total. The summed E-state index contributed by atoms with van der Waals surface area (Å²) in [4.78, 5) is 0. The van der Waals surface area contributed by atoms with Crippen LogP contribution in [0.2, 0.25) is 0 Å². The summed E-state index contributed by atoms with van der Waals surface area (Å²) in [6.45, 7) is 23.8. The zero-order valence-electron chi connectivity index (χ0n) is 58.5. The average Bonchev–Trinajstić information content (AvgIpc) is 2.81. The number of benzene rings is 2. The first-order chi connectivity index (χ1) is 41.4. The van der Waals surface area contributed by atoms with Crippen molar-refractivity contribution < 1.29 is 21.2 Å². The molecule has 1 aliphatic rings. The van der Waals surface area contributed by atoms with Crippen LogP contribution in [0.25, 0.3) is 16.9 Å². The van der Waals surface area contributed by atoms with Crippen LogP contribution in [0.15, 0.2) is 48.0 Å². The van der Waals surface area contributed by atoms with Crippen LogP contribution in [0.3, 0.4) is 0 Å². The van der Waals surface area contributed by atoms with E-state index in [4.69, 9.17) is 0 Å². The second-order valence-electron chi connectivity index (χ2n) is 26.5. The van der Waals surface area contributed by atoms with E-state index in [0.29, 0.717) is 0 Å². The van der Waals surface area contributed by atoms with E-state index in [9.17, 15) is 5.53 Å². The second-order valence-corrected chi connectivity index (χ2v) is 26.5. The molecule has 0 saturated carbocycles. The molecule has 0 aliphatic carbocycles. The Morgan fingerprint density at radius 2 is 0.494 bits per heavy atom. The summed E-state index contributed by atoms with van der Waals surface area (Å²) < 4.78 is 1.58. The van der Waals surface area contributed by atoms with Crippen LogP contribution in [0, 0.1) is 13.8 Å². The van der Waals surface area contributed by atoms with Crippen molar-refractivity contribution in [2.45, 2.75) is 414 Å². The van der Waals surface area contributed by atoms with Crippen molar-refractivity contribution in [3.63, 3.8) is 0 Å². The smallest absolute Gasteiger partial charge is 0.493 e. The number of aryl methyl sites for hydroxylation is 4. The Morgan fingerprint density at radius 3 is 0.753 bits per heavy atom. The van der Waals surface area contributed by atoms with Crippen LogP contribution < -0.4 is 0 Å². The van der Waals surface area contributed by atoms with Gasteiger partial charge in [-0.1, -0.05) is 350 Å². The zero-order chi connectivity index (χ0) is 61.0. The van der Waals surface area contributed by atoms with Gasteiger partial charge in [0.2, 0.25) is 11.4 Å². The summed E-state index contributed by atoms with van der Waals surface area (Å²) in [5.41, 5.74) is 23.6. The molecule has 2 aromatic carbocycles. The summed E-state index contributed by atoms with van der Waals surface area (Å²) in [6.07, 6.45) is 79.0. The Bertz CT molecular complexity index is 1750. The predicted octanol–water partition coefficient (Wildman–Crippen LogP) is 29.1. The maximum atomic E-state index is 12.1. The molecule has 0 bridgehead atoms. The fourth-order valence-corrected chi connectivity index (χ4v) is 12.5. The maximum Gasteiger partial charge on any atom is 2.00 e. The molecule has 0 amide bonds. The molecule has 3 heteroatoms. The first-order valence-electron chi connectivity index (χ1n) is 38.2. The molecule has 0 unspecified atom stereocenters. The van der Waals surface area contributed by atoms with E-state index in [1.54, 1.807) is 4.70 Å². The Balaban J connectivity index is 0.00000156. The third-order valence-corrected chi connectivity index (χ3v) is 18.0. The fraction of sp³-hybridized carbons (Fsp3) is 0.780. The Hall–Kier alpha value is -1.99. The number of hydrogen-bond acceptors (Lipinski definition) is 0. The Morgan fingerprint density at radius 1 is 0.271 bits per heavy atom. The van der Waals surface area contributed by atoms with Gasteiger partial charge in [-0.05, 0) is 111 Å². The van der Waals surface area contributed by atoms with Crippen LogP contribution in [-0.4, -0.2) is 4.70 Å². The summed E-state index contributed by atoms with van der Waals surface area (Å²) in [7, 11) is 0. The van der Waals surface area contributed by atoms with E-state index in [0.717, 1.165) is 69.2 Å². The summed E-state index contributed by atoms with van der Waals surface area (Å²) in [5.74, 6) is 0. The molecule has 0 saturated heterocycles. The largest absolute Gasteiger partial charge is 2.00 e. The van der Waals surface area contributed by atoms with Crippen LogP contribution in [-0.2, 0) is 42.2 Å². The van der Waals surface area contributed by atoms with Crippen molar-refractivity contribution in [2.24, 2.45) is 0 Å². The predicted molar refractivity (Wildman–Crippen MR) is 381 cm³/mol. The van der Waals surface area contributed by atoms with Crippen molar-refractivity contribution in [3.8, 4) is 0 Å². The Kier molecular flexibility index (Phi) is 62.1. The third-order valence-electron chi connectivity index (χ3n) is 18.0. The van der Waals surface area contributed by atoms with Crippen molar-refractivity contribution in [1.82, 2.24) is 0 Å². The number of rotatable bonds is 57. The van der Waals surface area contributed by atoms with E-state index in [2.05, 4.69) is 105 Å². The van der Waals surface area contributed by atoms with E-state index < -0.39 is 0 Å². The normalized spacial score (nSPS) is 12.1. The van der Waals surface area contributed by atoms with Gasteiger partial charge < -0.3 is 19.4 Å². The molecule has 3 rings (SSSR count). The number of allylic oxidation sites excluding steroid dienone is 2. The van der Waals surface area contributed by atoms with E-state index in [-0.39, 0.29) is 16.5 Å². The molecule has 1 heterocycles. The second kappa shape index (κ2) is 63.6. The topological polar surface area (TPSA) is 25.3 Å². The zero-order valence-corrected chi connectivity index (χ0v) is 59.5. The van der Waals surface area contributed by atoms with Crippen LogP contribution in [0.4, 0.5) is 0 Å². The van der Waals surface area contributed by atoms with Crippen molar-refractivity contribution in [3.05, 3.63) is 101 Å². The summed E-state index contributed by atoms with van der Waals surface area (Å²) in [6, 6.07) is 14.5. The van der Waals surface area contributed by atoms with Gasteiger partial charge in [0.1, 0.15) is 0 Å². The molecule has 494 valence electrons. The first kappa shape index (κ1) is 83.0. The molecule has 0 fully saturated rings. The van der Waals surface area contributed by atoms with Gasteiger partial charge in [0.05, 0.1) is 0 Å². The molecule has 2 aromatic rings. The molecule has 0 aromatic heterocycles. The monoisotopic (exact) mass is 1220 g/mol. The van der Waals surface area contributed by atoms with E-state index >= 15 is 0 Å². The van der Waals surface area contributed by atoms with E-state index in [1.807, 2.05) is 0 Å². The number of hydrogen-bond donors (Lipinski definition) is 0. The van der Waals surface area contributed by atoms with Crippen LogP contribution in [0.5, 0.6) is 0 Å². The molecular weight excluding hydrogens is 1070 g/mol. The van der Waals surface area contributed by atoms with Gasteiger partial charge in [0.25, 0.3) is 0 Å². The molecule has 0 spiro atoms. The van der Waals surface area contributed by atoms with Gasteiger partial charge in [-0.3, -0.25) is 0 Å². The van der Waals surface area contributed by atoms with Gasteiger partial charge in [-0.2, -0.15) is 12.8 Å². The fourth-order valence-electron chi connectivity index (χ4n) is 12.5. The summed E-state index contributed by atoms with van der Waals surface area (Å²) >= 11 is 0. The molecule has 0 atom stereocenters. The minimum atomic E-state index is 0. The van der Waals surface area contributed by atoms with Crippen molar-refractivity contribution in [2.75, 3.05) is 0 Å². The number of unbranched alkanes of at least 4 members (excludes halogenated alkanes) is 45. The van der Waals surface area contributed by atoms with Crippen molar-refractivity contribution in [1.29, 1.82) is 0 Å². The quantitative estimate of drug-likeness (QED) is 0.0273. The van der Waals surface area contributed by atoms with Gasteiger partial charge in [-0.25, -0.2) is 4.70 Å². The van der Waals surface area contributed by atoms with Crippen LogP contribution >= 0.6 is 0 Å². The number of nitrogens with zero attached hydrogens (tertiary/aromatic N) is 2. The first-order valence-corrected chi connectivity index (χ1v) is 38.2. The van der Waals surface area contributed by atoms with Gasteiger partial charge >= 0.3 is 16.5 Å². The minimum absolute atomic E-state index is 0.